The molecule has 0 saturated heterocycles. The van der Waals surface area contributed by atoms with Crippen LogP contribution in [0.2, 0.25) is 18.1 Å². The van der Waals surface area contributed by atoms with Gasteiger partial charge in [0.2, 0.25) is 0 Å². The summed E-state index contributed by atoms with van der Waals surface area (Å²) in [4.78, 5) is 23.1. The van der Waals surface area contributed by atoms with Gasteiger partial charge in [0.1, 0.15) is 12.4 Å². The van der Waals surface area contributed by atoms with Gasteiger partial charge in [-0.2, -0.15) is 0 Å². The SMILES string of the molecule is COc1c(O[Si](C)(C)C(C)(C)C)cc(C)c(C(=O)OCc2ccc([N+](=O)[O-])cc2)c1C. The summed E-state index contributed by atoms with van der Waals surface area (Å²) in [5, 5.41) is 10.8. The van der Waals surface area contributed by atoms with Crippen molar-refractivity contribution in [3.8, 4) is 11.5 Å². The Labute approximate surface area is 184 Å². The fourth-order valence-corrected chi connectivity index (χ4v) is 3.94. The number of hydrogen-bond donors (Lipinski definition) is 0. The van der Waals surface area contributed by atoms with Crippen molar-refractivity contribution in [2.75, 3.05) is 7.11 Å². The second-order valence-corrected chi connectivity index (χ2v) is 13.8. The molecule has 2 aromatic rings. The van der Waals surface area contributed by atoms with Crippen LogP contribution in [-0.4, -0.2) is 26.3 Å². The molecule has 0 amide bonds. The summed E-state index contributed by atoms with van der Waals surface area (Å²) in [6, 6.07) is 7.74. The quantitative estimate of drug-likeness (QED) is 0.226. The van der Waals surface area contributed by atoms with Gasteiger partial charge in [-0.05, 0) is 61.3 Å². The molecule has 0 spiro atoms. The Hall–Kier alpha value is -2.87. The smallest absolute Gasteiger partial charge is 0.339 e. The number of carbonyl (C=O) groups excluding carboxylic acids is 1. The zero-order chi connectivity index (χ0) is 23.6. The van der Waals surface area contributed by atoms with Crippen molar-refractivity contribution >= 4 is 20.0 Å². The normalized spacial score (nSPS) is 11.7. The number of nitro benzene ring substituents is 1. The molecular formula is C23H31NO6Si. The van der Waals surface area contributed by atoms with Crippen molar-refractivity contribution in [3.63, 3.8) is 0 Å². The van der Waals surface area contributed by atoms with Gasteiger partial charge in [0.25, 0.3) is 14.0 Å². The lowest BCUT2D eigenvalue weighted by molar-refractivity contribution is -0.384. The largest absolute Gasteiger partial charge is 0.541 e. The van der Waals surface area contributed by atoms with Gasteiger partial charge in [0.05, 0.1) is 17.6 Å². The fourth-order valence-electron chi connectivity index (χ4n) is 2.93. The maximum absolute atomic E-state index is 12.8. The van der Waals surface area contributed by atoms with E-state index in [1.165, 1.54) is 12.1 Å². The minimum Gasteiger partial charge on any atom is -0.541 e. The first-order valence-electron chi connectivity index (χ1n) is 10.1. The molecule has 168 valence electrons. The summed E-state index contributed by atoms with van der Waals surface area (Å²) in [5.41, 5.74) is 2.48. The van der Waals surface area contributed by atoms with Crippen molar-refractivity contribution in [2.24, 2.45) is 0 Å². The van der Waals surface area contributed by atoms with E-state index in [-0.39, 0.29) is 17.3 Å². The van der Waals surface area contributed by atoms with E-state index in [2.05, 4.69) is 33.9 Å². The summed E-state index contributed by atoms with van der Waals surface area (Å²) in [7, 11) is -0.542. The molecule has 0 bridgehead atoms. The molecule has 0 heterocycles. The Morgan fingerprint density at radius 1 is 1.13 bits per heavy atom. The number of non-ortho nitro benzene ring substituents is 1. The number of rotatable bonds is 7. The van der Waals surface area contributed by atoms with Gasteiger partial charge < -0.3 is 13.9 Å². The molecule has 0 aliphatic carbocycles. The van der Waals surface area contributed by atoms with Crippen LogP contribution < -0.4 is 9.16 Å². The maximum atomic E-state index is 12.8. The first-order valence-corrected chi connectivity index (χ1v) is 13.0. The minimum atomic E-state index is -2.10. The van der Waals surface area contributed by atoms with Crippen LogP contribution in [0, 0.1) is 24.0 Å². The molecule has 0 aliphatic heterocycles. The number of aryl methyl sites for hydroxylation is 1. The maximum Gasteiger partial charge on any atom is 0.339 e. The lowest BCUT2D eigenvalue weighted by atomic mass is 10.0. The number of hydrogen-bond acceptors (Lipinski definition) is 6. The van der Waals surface area contributed by atoms with Crippen LogP contribution >= 0.6 is 0 Å². The lowest BCUT2D eigenvalue weighted by Gasteiger charge is -2.37. The third-order valence-electron chi connectivity index (χ3n) is 5.78. The number of nitrogens with zero attached hydrogens (tertiary/aromatic N) is 1. The summed E-state index contributed by atoms with van der Waals surface area (Å²) in [6.07, 6.45) is 0. The second kappa shape index (κ2) is 9.09. The van der Waals surface area contributed by atoms with Crippen LogP contribution in [-0.2, 0) is 11.3 Å². The first kappa shape index (κ1) is 24.4. The number of nitro groups is 1. The topological polar surface area (TPSA) is 87.9 Å². The number of carbonyl (C=O) groups is 1. The Morgan fingerprint density at radius 3 is 2.19 bits per heavy atom. The van der Waals surface area contributed by atoms with E-state index in [1.807, 2.05) is 19.9 Å². The Bertz CT molecular complexity index is 977. The first-order chi connectivity index (χ1) is 14.3. The van der Waals surface area contributed by atoms with Gasteiger partial charge in [-0.1, -0.05) is 20.8 Å². The molecule has 2 aromatic carbocycles. The van der Waals surface area contributed by atoms with Crippen LogP contribution in [0.5, 0.6) is 11.5 Å². The van der Waals surface area contributed by atoms with E-state index in [4.69, 9.17) is 13.9 Å². The average molecular weight is 446 g/mol. The van der Waals surface area contributed by atoms with Crippen LogP contribution in [0.4, 0.5) is 5.69 Å². The van der Waals surface area contributed by atoms with Crippen LogP contribution in [0.25, 0.3) is 0 Å². The van der Waals surface area contributed by atoms with Crippen molar-refractivity contribution < 1.29 is 23.6 Å². The number of esters is 1. The van der Waals surface area contributed by atoms with Crippen LogP contribution in [0.3, 0.4) is 0 Å². The molecule has 0 fully saturated rings. The molecule has 0 saturated carbocycles. The lowest BCUT2D eigenvalue weighted by Crippen LogP contribution is -2.44. The minimum absolute atomic E-state index is 0.0104. The van der Waals surface area contributed by atoms with E-state index in [0.29, 0.717) is 28.2 Å². The predicted molar refractivity (Wildman–Crippen MR) is 123 cm³/mol. The van der Waals surface area contributed by atoms with Gasteiger partial charge in [-0.3, -0.25) is 10.1 Å². The van der Waals surface area contributed by atoms with Gasteiger partial charge in [0.15, 0.2) is 5.75 Å². The van der Waals surface area contributed by atoms with Crippen molar-refractivity contribution in [1.82, 2.24) is 0 Å². The monoisotopic (exact) mass is 445 g/mol. The van der Waals surface area contributed by atoms with Gasteiger partial charge in [-0.15, -0.1) is 0 Å². The number of benzene rings is 2. The number of ether oxygens (including phenoxy) is 2. The van der Waals surface area contributed by atoms with Gasteiger partial charge in [0, 0.05) is 17.7 Å². The van der Waals surface area contributed by atoms with Crippen molar-refractivity contribution in [2.45, 2.75) is 59.4 Å². The Balaban J connectivity index is 2.28. The molecule has 0 unspecified atom stereocenters. The highest BCUT2D eigenvalue weighted by Crippen LogP contribution is 2.42. The third kappa shape index (κ3) is 5.44. The van der Waals surface area contributed by atoms with E-state index in [1.54, 1.807) is 19.2 Å². The second-order valence-electron chi connectivity index (χ2n) is 9.09. The van der Waals surface area contributed by atoms with Crippen molar-refractivity contribution in [3.05, 3.63) is 62.7 Å². The van der Waals surface area contributed by atoms with Crippen LogP contribution in [0.15, 0.2) is 30.3 Å². The van der Waals surface area contributed by atoms with Gasteiger partial charge >= 0.3 is 5.97 Å². The summed E-state index contributed by atoms with van der Waals surface area (Å²) >= 11 is 0. The van der Waals surface area contributed by atoms with E-state index in [0.717, 1.165) is 5.56 Å². The highest BCUT2D eigenvalue weighted by atomic mass is 28.4. The van der Waals surface area contributed by atoms with Crippen LogP contribution in [0.1, 0.15) is 47.8 Å². The predicted octanol–water partition coefficient (Wildman–Crippen LogP) is 5.96. The van der Waals surface area contributed by atoms with E-state index < -0.39 is 19.2 Å². The third-order valence-corrected chi connectivity index (χ3v) is 10.1. The Morgan fingerprint density at radius 2 is 1.71 bits per heavy atom. The molecule has 31 heavy (non-hydrogen) atoms. The molecular weight excluding hydrogens is 414 g/mol. The highest BCUT2D eigenvalue weighted by Gasteiger charge is 2.40. The average Bonchev–Trinajstić information content (AvgIpc) is 2.65. The number of methoxy groups -OCH3 is 1. The molecule has 2 rings (SSSR count). The molecule has 0 aliphatic rings. The highest BCUT2D eigenvalue weighted by molar-refractivity contribution is 6.74. The standard InChI is InChI=1S/C23H31NO6Si/c1-15-13-19(30-31(7,8)23(3,4)5)21(28-6)16(2)20(15)22(25)29-14-17-9-11-18(12-10-17)24(26)27/h9-13H,14H2,1-8H3. The Kier molecular flexibility index (Phi) is 7.16. The molecule has 0 atom stereocenters. The molecule has 0 radical (unpaired) electrons. The van der Waals surface area contributed by atoms with E-state index >= 15 is 0 Å². The molecule has 7 nitrogen and oxygen atoms in total. The summed E-state index contributed by atoms with van der Waals surface area (Å²) < 4.78 is 17.5. The van der Waals surface area contributed by atoms with Gasteiger partial charge in [-0.25, -0.2) is 4.79 Å². The molecule has 8 heteroatoms. The zero-order valence-electron chi connectivity index (χ0n) is 19.5. The molecule has 0 N–H and O–H groups in total. The molecule has 0 aromatic heterocycles. The summed E-state index contributed by atoms with van der Waals surface area (Å²) in [6.45, 7) is 14.5. The zero-order valence-corrected chi connectivity index (χ0v) is 20.5. The fraction of sp³-hybridized carbons (Fsp3) is 0.435. The van der Waals surface area contributed by atoms with E-state index in [9.17, 15) is 14.9 Å². The van der Waals surface area contributed by atoms with Crippen molar-refractivity contribution in [1.29, 1.82) is 0 Å². The summed E-state index contributed by atoms with van der Waals surface area (Å²) in [5.74, 6) is 0.680.